The molecule has 0 aromatic heterocycles. The van der Waals surface area contributed by atoms with Crippen LogP contribution in [0.4, 0.5) is 39.8 Å². The Kier molecular flexibility index (Phi) is 20.2. The summed E-state index contributed by atoms with van der Waals surface area (Å²) in [5.74, 6) is 10.0. The van der Waals surface area contributed by atoms with Gasteiger partial charge in [-0.1, -0.05) is 33.1 Å². The molecule has 0 bridgehead atoms. The van der Waals surface area contributed by atoms with Gasteiger partial charge in [0, 0.05) is 28.9 Å². The Balaban J connectivity index is 0.000000386. The van der Waals surface area contributed by atoms with Crippen molar-refractivity contribution in [3.05, 3.63) is 97.1 Å². The smallest absolute Gasteiger partial charge is 0.251 e. The third kappa shape index (κ3) is 19.1. The maximum Gasteiger partial charge on any atom is 0.251 e. The highest BCUT2D eigenvalue weighted by molar-refractivity contribution is 5.50. The van der Waals surface area contributed by atoms with Crippen molar-refractivity contribution in [3.63, 3.8) is 0 Å². The summed E-state index contributed by atoms with van der Waals surface area (Å²) in [6, 6.07) is 28.6. The molecule has 240 valence electrons. The van der Waals surface area contributed by atoms with Gasteiger partial charge in [0.15, 0.2) is 0 Å². The summed E-state index contributed by atoms with van der Waals surface area (Å²) in [7, 11) is 0. The van der Waals surface area contributed by atoms with E-state index < -0.39 is 0 Å². The summed E-state index contributed by atoms with van der Waals surface area (Å²) in [4.78, 5) is 0. The molecule has 0 amide bonds. The van der Waals surface area contributed by atoms with E-state index in [4.69, 9.17) is 28.4 Å². The quantitative estimate of drug-likeness (QED) is 0.0607. The Bertz CT molecular complexity index is 1750. The van der Waals surface area contributed by atoms with E-state index >= 15 is 0 Å². The van der Waals surface area contributed by atoms with Gasteiger partial charge in [-0.25, -0.2) is 0 Å². The van der Waals surface area contributed by atoms with Crippen LogP contribution in [0.2, 0.25) is 0 Å². The molecule has 0 aliphatic rings. The number of ether oxygens (including phenoxy) is 3. The molecule has 0 saturated heterocycles. The van der Waals surface area contributed by atoms with Crippen molar-refractivity contribution in [1.29, 1.82) is 0 Å². The molecule has 10 nitrogen and oxygen atoms in total. The van der Waals surface area contributed by atoms with Crippen molar-refractivity contribution in [2.75, 3.05) is 24.0 Å². The molecule has 0 aliphatic heterocycles. The lowest BCUT2D eigenvalue weighted by Gasteiger charge is -1.97. The van der Waals surface area contributed by atoms with Gasteiger partial charge in [0.2, 0.25) is 0 Å². The molecule has 0 heterocycles. The third-order valence-corrected chi connectivity index (χ3v) is 4.78. The summed E-state index contributed by atoms with van der Waals surface area (Å²) in [6.45, 7) is 4.22. The minimum absolute atomic E-state index is 0.0347. The highest BCUT2D eigenvalue weighted by Gasteiger charge is 1.94. The predicted molar refractivity (Wildman–Crippen MR) is 193 cm³/mol. The lowest BCUT2D eigenvalue weighted by molar-refractivity contribution is 0.0719. The summed E-state index contributed by atoms with van der Waals surface area (Å²) < 4.78 is 13.6. The third-order valence-electron chi connectivity index (χ3n) is 4.78. The lowest BCUT2D eigenvalue weighted by Crippen LogP contribution is -1.86. The van der Waals surface area contributed by atoms with Crippen LogP contribution in [0.5, 0.6) is 5.75 Å². The number of benzene rings is 4. The van der Waals surface area contributed by atoms with E-state index in [2.05, 4.69) is 86.4 Å². The van der Waals surface area contributed by atoms with Crippen LogP contribution >= 0.6 is 0 Å². The summed E-state index contributed by atoms with van der Waals surface area (Å²) >= 11 is 0. The fourth-order valence-corrected chi connectivity index (χ4v) is 2.71. The molecule has 0 atom stereocenters. The molecule has 10 heteroatoms. The van der Waals surface area contributed by atoms with Crippen LogP contribution in [-0.2, 0) is 9.47 Å². The zero-order chi connectivity index (χ0) is 35.2. The number of hydrogen-bond acceptors (Lipinski definition) is 10. The molecule has 0 radical (unpaired) electrons. The van der Waals surface area contributed by atoms with Gasteiger partial charge in [-0.05, 0) is 109 Å². The standard InChI is InChI=1S/C18H11N3O.C12H12N4.C5H4O2.C3H8/c1-2-3-4-5-14-22-18-12-10-17(11-13-18)21-20-16-8-6-15(19)7-9-16;13-9-1-5-11(6-2-9)15-16-12-7-3-10(14)4-8-12;1-3-6-5-7-4-2;1-3-2/h1,6-13H,19H2;1-8H,13-14H2;1-2H,5H2;3H2,1-2H3. The largest absolute Gasteiger partial charge is 0.407 e. The van der Waals surface area contributed by atoms with Gasteiger partial charge >= 0.3 is 0 Å². The van der Waals surface area contributed by atoms with Crippen LogP contribution < -0.4 is 21.9 Å². The Morgan fingerprint density at radius 2 is 0.854 bits per heavy atom. The Morgan fingerprint density at radius 1 is 0.521 bits per heavy atom. The maximum atomic E-state index is 5.60. The molecular weight excluding hydrogens is 602 g/mol. The lowest BCUT2D eigenvalue weighted by atomic mass is 10.3. The fourth-order valence-electron chi connectivity index (χ4n) is 2.71. The number of nitrogens with zero attached hydrogens (tertiary/aromatic N) is 4. The van der Waals surface area contributed by atoms with Gasteiger partial charge in [0.25, 0.3) is 6.79 Å². The van der Waals surface area contributed by atoms with E-state index in [1.807, 2.05) is 36.5 Å². The van der Waals surface area contributed by atoms with Crippen LogP contribution in [-0.4, -0.2) is 6.79 Å². The SMILES string of the molecule is C#CC#CC#COc1ccc(N=Nc2ccc(N)cc2)cc1.C#COCOC#C.CCC.Nc1ccc(N=Nc2ccc(N)cc2)cc1. The van der Waals surface area contributed by atoms with Crippen LogP contribution in [0.25, 0.3) is 0 Å². The molecule has 4 aromatic carbocycles. The first-order valence-electron chi connectivity index (χ1n) is 14.1. The van der Waals surface area contributed by atoms with E-state index in [9.17, 15) is 0 Å². The number of hydrogen-bond donors (Lipinski definition) is 3. The number of nitrogen functional groups attached to an aromatic ring is 3. The van der Waals surface area contributed by atoms with E-state index in [1.54, 1.807) is 72.8 Å². The fraction of sp³-hybridized carbons (Fsp3) is 0.105. The van der Waals surface area contributed by atoms with Gasteiger partial charge in [0.05, 0.1) is 22.7 Å². The zero-order valence-electron chi connectivity index (χ0n) is 26.6. The minimum Gasteiger partial charge on any atom is -0.407 e. The van der Waals surface area contributed by atoms with Gasteiger partial charge in [-0.3, -0.25) is 0 Å². The van der Waals surface area contributed by atoms with E-state index in [-0.39, 0.29) is 6.79 Å². The minimum atomic E-state index is -0.0347. The molecule has 0 fully saturated rings. The van der Waals surface area contributed by atoms with Gasteiger partial charge < -0.3 is 31.4 Å². The van der Waals surface area contributed by atoms with Crippen LogP contribution in [0, 0.1) is 61.3 Å². The molecule has 0 aliphatic carbocycles. The van der Waals surface area contributed by atoms with Gasteiger partial charge in [0.1, 0.15) is 24.1 Å². The van der Waals surface area contributed by atoms with Crippen LogP contribution in [0.1, 0.15) is 20.3 Å². The summed E-state index contributed by atoms with van der Waals surface area (Å²) in [6.07, 6.45) is 21.7. The number of anilines is 3. The highest BCUT2D eigenvalue weighted by atomic mass is 16.7. The average Bonchev–Trinajstić information content (AvgIpc) is 3.10. The van der Waals surface area contributed by atoms with Gasteiger partial charge in [-0.2, -0.15) is 20.5 Å². The normalized spacial score (nSPS) is 8.90. The van der Waals surface area contributed by atoms with Crippen LogP contribution in [0.3, 0.4) is 0 Å². The topological polar surface area (TPSA) is 155 Å². The highest BCUT2D eigenvalue weighted by Crippen LogP contribution is 2.22. The molecule has 4 aromatic rings. The van der Waals surface area contributed by atoms with E-state index in [1.165, 1.54) is 6.42 Å². The predicted octanol–water partition coefficient (Wildman–Crippen LogP) is 8.50. The number of nitrogens with two attached hydrogens (primary N) is 3. The second kappa shape index (κ2) is 25.1. The number of rotatable bonds is 7. The van der Waals surface area contributed by atoms with Crippen molar-refractivity contribution >= 4 is 39.8 Å². The van der Waals surface area contributed by atoms with Crippen molar-refractivity contribution in [3.8, 4) is 67.0 Å². The Morgan fingerprint density at radius 3 is 1.17 bits per heavy atom. The molecule has 48 heavy (non-hydrogen) atoms. The molecular formula is C38H35N7O3. The molecule has 6 N–H and O–H groups in total. The molecule has 0 saturated carbocycles. The van der Waals surface area contributed by atoms with Crippen molar-refractivity contribution in [2.24, 2.45) is 20.5 Å². The molecule has 4 rings (SSSR count). The first-order chi connectivity index (χ1) is 23.3. The van der Waals surface area contributed by atoms with Gasteiger partial charge in [-0.15, -0.1) is 6.42 Å². The molecule has 0 unspecified atom stereocenters. The zero-order valence-corrected chi connectivity index (χ0v) is 26.6. The van der Waals surface area contributed by atoms with Crippen molar-refractivity contribution < 1.29 is 14.2 Å². The summed E-state index contributed by atoms with van der Waals surface area (Å²) in [5, 5.41) is 16.4. The molecule has 0 spiro atoms. The number of azo groups is 2. The maximum absolute atomic E-state index is 5.60. The van der Waals surface area contributed by atoms with Crippen molar-refractivity contribution in [2.45, 2.75) is 20.3 Å². The Hall–Kier alpha value is -7.32. The second-order valence-electron chi connectivity index (χ2n) is 8.74. The Labute approximate surface area is 282 Å². The second-order valence-corrected chi connectivity index (χ2v) is 8.74. The van der Waals surface area contributed by atoms with E-state index in [0.29, 0.717) is 28.5 Å². The van der Waals surface area contributed by atoms with E-state index in [0.717, 1.165) is 17.1 Å². The monoisotopic (exact) mass is 637 g/mol. The summed E-state index contributed by atoms with van der Waals surface area (Å²) in [5.41, 5.74) is 21.8. The van der Waals surface area contributed by atoms with Crippen LogP contribution in [0.15, 0.2) is 118 Å². The first-order valence-corrected chi connectivity index (χ1v) is 14.1. The average molecular weight is 638 g/mol. The number of terminal acetylenes is 3. The van der Waals surface area contributed by atoms with Crippen molar-refractivity contribution in [1.82, 2.24) is 0 Å². The first kappa shape index (κ1) is 38.7.